The molecule has 460 valence electrons. The second-order valence-corrected chi connectivity index (χ2v) is 30.4. The lowest BCUT2D eigenvalue weighted by Crippen LogP contribution is -2.27. The molecule has 6 aromatic rings. The summed E-state index contributed by atoms with van der Waals surface area (Å²) in [6.45, 7) is 18.9. The van der Waals surface area contributed by atoms with Gasteiger partial charge in [-0.25, -0.2) is 0 Å². The first kappa shape index (κ1) is 65.3. The normalized spacial score (nSPS) is 14.8. The summed E-state index contributed by atoms with van der Waals surface area (Å²) in [4.78, 5) is 6.14. The van der Waals surface area contributed by atoms with Crippen LogP contribution in [0.3, 0.4) is 0 Å². The number of rotatable bonds is 43. The highest BCUT2D eigenvalue weighted by molar-refractivity contribution is 7.19. The van der Waals surface area contributed by atoms with E-state index in [0.29, 0.717) is 0 Å². The van der Waals surface area contributed by atoms with Gasteiger partial charge in [-0.3, -0.25) is 0 Å². The molecule has 9 rings (SSSR count). The van der Waals surface area contributed by atoms with Crippen LogP contribution >= 0.6 is 34.4 Å². The molecule has 0 N–H and O–H groups in total. The van der Waals surface area contributed by atoms with Gasteiger partial charge in [-0.1, -0.05) is 285 Å². The summed E-state index contributed by atoms with van der Waals surface area (Å²) in [6.07, 6.45) is 56.2. The van der Waals surface area contributed by atoms with Crippen LogP contribution in [0.4, 0.5) is 0 Å². The number of thiophene rings is 2. The second-order valence-electron chi connectivity index (χ2n) is 27.6. The quantitative estimate of drug-likeness (QED) is 0.0357. The number of aryl methyl sites for hydroxylation is 2. The smallest absolute Gasteiger partial charge is 0.113 e. The molecule has 0 fully saturated rings. The van der Waals surface area contributed by atoms with Crippen LogP contribution in [-0.2, 0) is 16.2 Å². The summed E-state index contributed by atoms with van der Waals surface area (Å²) in [5, 5.41) is 0. The molecule has 0 spiro atoms. The Balaban J connectivity index is 1.26. The highest BCUT2D eigenvalue weighted by atomic mass is 32.1. The molecule has 3 heterocycles. The third-order valence-corrected chi connectivity index (χ3v) is 24.2. The fraction of sp³-hybridized carbons (Fsp3) is 0.671. The van der Waals surface area contributed by atoms with Crippen LogP contribution in [0.5, 0.6) is 0 Å². The Bertz CT molecular complexity index is 2910. The number of fused-ring (bicyclic) bond motifs is 10. The zero-order chi connectivity index (χ0) is 58.8. The molecule has 3 aromatic heterocycles. The van der Waals surface area contributed by atoms with E-state index in [4.69, 9.17) is 8.75 Å². The van der Waals surface area contributed by atoms with Crippen LogP contribution < -0.4 is 0 Å². The fourth-order valence-electron chi connectivity index (χ4n) is 16.6. The molecule has 0 atom stereocenters. The maximum absolute atomic E-state index is 5.03. The van der Waals surface area contributed by atoms with Gasteiger partial charge in [-0.05, 0) is 150 Å². The lowest BCUT2D eigenvalue weighted by atomic mass is 9.68. The molecule has 0 amide bonds. The summed E-state index contributed by atoms with van der Waals surface area (Å²) in [5.41, 5.74) is 21.5. The van der Waals surface area contributed by atoms with Gasteiger partial charge in [-0.2, -0.15) is 8.75 Å². The average molecular weight is 1190 g/mol. The molecule has 0 radical (unpaired) electrons. The van der Waals surface area contributed by atoms with Crippen molar-refractivity contribution in [2.75, 3.05) is 0 Å². The Morgan fingerprint density at radius 2 is 0.607 bits per heavy atom. The highest BCUT2D eigenvalue weighted by Gasteiger charge is 2.51. The lowest BCUT2D eigenvalue weighted by molar-refractivity contribution is 0.393. The molecule has 0 saturated carbocycles. The van der Waals surface area contributed by atoms with Gasteiger partial charge < -0.3 is 0 Å². The average Bonchev–Trinajstić information content (AvgIpc) is 1.57. The number of nitrogens with zero attached hydrogens (tertiary/aromatic N) is 2. The van der Waals surface area contributed by atoms with Gasteiger partial charge in [0.25, 0.3) is 0 Å². The number of hydrogen-bond donors (Lipinski definition) is 0. The van der Waals surface area contributed by atoms with Crippen molar-refractivity contribution in [3.05, 3.63) is 92.4 Å². The van der Waals surface area contributed by atoms with E-state index in [1.807, 2.05) is 0 Å². The highest BCUT2D eigenvalue weighted by Crippen LogP contribution is 2.66. The molecular formula is C79H116N2S3. The monoisotopic (exact) mass is 1190 g/mol. The standard InChI is InChI=1S/C79H116N2S3/c1-9-15-21-27-33-39-47-77(48-40-34-28-22-16-10-2)66-56-64-68(78(49-41-35-29-23-17-11-3,50-42-36-30-24-18-12-4)70-53-60(8)82-75(64)70)54-62(66)63-55-69-65(57-67(63)77)76-71(58-72(83-76)61-46-45-59(7)73-74(61)81-84-80-73)79(69,51-43-37-31-25-19-13-5)52-44-38-32-26-20-14-6/h45-46,53-58H,9-44,47-52H2,1-8H3. The Kier molecular flexibility index (Phi) is 25.2. The van der Waals surface area contributed by atoms with E-state index in [-0.39, 0.29) is 16.2 Å². The van der Waals surface area contributed by atoms with Crippen molar-refractivity contribution in [2.24, 2.45) is 0 Å². The van der Waals surface area contributed by atoms with E-state index < -0.39 is 0 Å². The SMILES string of the molecule is CCCCCCCCC1(CCCCCCCC)c2cc3c(cc2-c2cc4c(cc21)-c1sc(-c2ccc(C)c5nsnc25)cc1C4(CCCCCCCC)CCCCCCCC)C(CCCCCCCC)(CCCCCCCC)c1cc(C)sc1-3. The summed E-state index contributed by atoms with van der Waals surface area (Å²) in [7, 11) is 0. The minimum absolute atomic E-state index is 0.0000425. The van der Waals surface area contributed by atoms with Crippen molar-refractivity contribution in [1.29, 1.82) is 0 Å². The maximum atomic E-state index is 5.03. The molecule has 3 aromatic carbocycles. The van der Waals surface area contributed by atoms with Crippen molar-refractivity contribution in [2.45, 2.75) is 341 Å². The van der Waals surface area contributed by atoms with Crippen molar-refractivity contribution in [3.8, 4) is 42.4 Å². The van der Waals surface area contributed by atoms with Crippen LogP contribution in [0.2, 0.25) is 0 Å². The molecule has 3 aliphatic rings. The molecule has 0 aliphatic heterocycles. The van der Waals surface area contributed by atoms with E-state index in [0.717, 1.165) is 11.0 Å². The number of benzene rings is 3. The summed E-state index contributed by atoms with van der Waals surface area (Å²) < 4.78 is 9.91. The molecule has 2 nitrogen and oxygen atoms in total. The Morgan fingerprint density at radius 1 is 0.298 bits per heavy atom. The van der Waals surface area contributed by atoms with Crippen molar-refractivity contribution in [3.63, 3.8) is 0 Å². The van der Waals surface area contributed by atoms with Crippen LogP contribution in [0, 0.1) is 13.8 Å². The Labute approximate surface area is 526 Å². The van der Waals surface area contributed by atoms with Gasteiger partial charge in [0.2, 0.25) is 0 Å². The van der Waals surface area contributed by atoms with Crippen LogP contribution in [-0.4, -0.2) is 8.75 Å². The predicted octanol–water partition coefficient (Wildman–Crippen LogP) is 27.4. The fourth-order valence-corrected chi connectivity index (χ4v) is 19.7. The zero-order valence-corrected chi connectivity index (χ0v) is 57.4. The number of hydrogen-bond acceptors (Lipinski definition) is 5. The van der Waals surface area contributed by atoms with Gasteiger partial charge in [0, 0.05) is 41.3 Å². The molecule has 5 heteroatoms. The van der Waals surface area contributed by atoms with Gasteiger partial charge in [0.15, 0.2) is 0 Å². The third-order valence-electron chi connectivity index (χ3n) is 21.4. The van der Waals surface area contributed by atoms with Gasteiger partial charge in [0.05, 0.1) is 11.7 Å². The van der Waals surface area contributed by atoms with Crippen LogP contribution in [0.1, 0.15) is 355 Å². The van der Waals surface area contributed by atoms with Crippen molar-refractivity contribution < 1.29 is 0 Å². The molecule has 0 bridgehead atoms. The predicted molar refractivity (Wildman–Crippen MR) is 375 cm³/mol. The van der Waals surface area contributed by atoms with E-state index >= 15 is 0 Å². The topological polar surface area (TPSA) is 25.8 Å². The first-order valence-corrected chi connectivity index (χ1v) is 38.5. The minimum atomic E-state index is -0.00417. The summed E-state index contributed by atoms with van der Waals surface area (Å²) in [6, 6.07) is 21.9. The molecule has 3 aliphatic carbocycles. The van der Waals surface area contributed by atoms with E-state index in [2.05, 4.69) is 127 Å². The first-order valence-electron chi connectivity index (χ1n) is 36.1. The Morgan fingerprint density at radius 3 is 1.00 bits per heavy atom. The third kappa shape index (κ3) is 14.5. The first-order chi connectivity index (χ1) is 41.2. The van der Waals surface area contributed by atoms with Crippen LogP contribution in [0.25, 0.3) is 53.5 Å². The zero-order valence-electron chi connectivity index (χ0n) is 54.9. The maximum Gasteiger partial charge on any atom is 0.113 e. The molecular weight excluding hydrogens is 1070 g/mol. The Hall–Kier alpha value is -3.12. The molecule has 84 heavy (non-hydrogen) atoms. The molecule has 0 unspecified atom stereocenters. The lowest BCUT2D eigenvalue weighted by Gasteiger charge is -2.35. The van der Waals surface area contributed by atoms with E-state index in [1.54, 1.807) is 65.4 Å². The van der Waals surface area contributed by atoms with Crippen molar-refractivity contribution in [1.82, 2.24) is 8.75 Å². The summed E-state index contributed by atoms with van der Waals surface area (Å²) in [5.74, 6) is 0. The van der Waals surface area contributed by atoms with E-state index in [9.17, 15) is 0 Å². The van der Waals surface area contributed by atoms with E-state index in [1.165, 1.54) is 302 Å². The number of unbranched alkanes of at least 4 members (excludes halogenated alkanes) is 30. The number of aromatic nitrogens is 2. The van der Waals surface area contributed by atoms with Crippen molar-refractivity contribution >= 4 is 45.4 Å². The van der Waals surface area contributed by atoms with Gasteiger partial charge in [0.1, 0.15) is 11.0 Å². The largest absolute Gasteiger partial charge is 0.173 e. The minimum Gasteiger partial charge on any atom is -0.173 e. The van der Waals surface area contributed by atoms with Gasteiger partial charge in [-0.15, -0.1) is 22.7 Å². The van der Waals surface area contributed by atoms with Crippen LogP contribution in [0.15, 0.2) is 48.5 Å². The molecule has 0 saturated heterocycles. The summed E-state index contributed by atoms with van der Waals surface area (Å²) >= 11 is 5.64. The second kappa shape index (κ2) is 32.4. The van der Waals surface area contributed by atoms with Gasteiger partial charge >= 0.3 is 0 Å².